The highest BCUT2D eigenvalue weighted by Gasteiger charge is 2.39. The molecule has 5 atom stereocenters. The number of allylic oxidation sites excluding steroid dienone is 2. The number of unbranched alkanes of at least 4 members (excludes halogenated alkanes) is 2. The van der Waals surface area contributed by atoms with Crippen LogP contribution < -0.4 is 0 Å². The molecule has 0 saturated heterocycles. The van der Waals surface area contributed by atoms with Gasteiger partial charge in [0.1, 0.15) is 0 Å². The molecule has 0 radical (unpaired) electrons. The first kappa shape index (κ1) is 19.6. The second kappa shape index (κ2) is 13.1. The number of carbonyl (C=O) groups is 1. The Labute approximate surface area is 160 Å². The molecular weight excluding hydrogens is 332 g/mol. The van der Waals surface area contributed by atoms with Gasteiger partial charge in [-0.1, -0.05) is 50.4 Å². The Hall–Kier alpha value is -1.17. The lowest BCUT2D eigenvalue weighted by molar-refractivity contribution is -0.140. The predicted octanol–water partition coefficient (Wildman–Crippen LogP) is 3.13. The number of hydrogen-bond acceptors (Lipinski definition) is 5. The second-order valence-corrected chi connectivity index (χ2v) is 7.05. The summed E-state index contributed by atoms with van der Waals surface area (Å²) in [6.07, 6.45) is 6.52. The monoisotopic (exact) mass is 372 g/mol. The summed E-state index contributed by atoms with van der Waals surface area (Å²) in [5, 5.41) is 30.6. The van der Waals surface area contributed by atoms with E-state index >= 15 is 0 Å². The van der Waals surface area contributed by atoms with Crippen LogP contribution >= 0.6 is 0 Å². The number of aliphatic hydroxyl groups excluding tert-OH is 3. The molecule has 0 heterocycles. The van der Waals surface area contributed by atoms with Crippen molar-refractivity contribution < 1.29 is 27.6 Å². The lowest BCUT2D eigenvalue weighted by Crippen LogP contribution is -2.20. The van der Waals surface area contributed by atoms with Gasteiger partial charge in [-0.25, -0.2) is 0 Å². The van der Waals surface area contributed by atoms with Crippen molar-refractivity contribution in [2.45, 2.75) is 83.0 Å². The standard InChI is InChI=1S/C21H36O5/c1-3-4-7-10-16(22)13-14-18-17(19(23)15-20(18)24)11-8-5-6-9-12-21(25)26-2/h5,8,13-14,16-20,22-24H,3-4,6-7,9-12,15H2,1-2H3/b8-5-,14-13+/t16-,17-,18+,19-,20+/m0/s1/i5T,8T. The van der Waals surface area contributed by atoms with Crippen LogP contribution in [0.2, 0.25) is 0 Å². The van der Waals surface area contributed by atoms with Gasteiger partial charge in [-0.2, -0.15) is 0 Å². The highest BCUT2D eigenvalue weighted by molar-refractivity contribution is 5.69. The minimum Gasteiger partial charge on any atom is -0.469 e. The molecule has 1 saturated carbocycles. The molecule has 1 aliphatic carbocycles. The van der Waals surface area contributed by atoms with Gasteiger partial charge in [0.15, 0.2) is 0 Å². The van der Waals surface area contributed by atoms with E-state index in [9.17, 15) is 20.1 Å². The first-order chi connectivity index (χ1) is 13.3. The number of esters is 1. The van der Waals surface area contributed by atoms with E-state index in [0.717, 1.165) is 19.3 Å². The fraction of sp³-hybridized carbons (Fsp3) is 0.762. The zero-order valence-corrected chi connectivity index (χ0v) is 16.1. The number of methoxy groups -OCH3 is 1. The molecule has 3 N–H and O–H groups in total. The van der Waals surface area contributed by atoms with Crippen LogP contribution in [0, 0.1) is 11.8 Å². The predicted molar refractivity (Wildman–Crippen MR) is 103 cm³/mol. The smallest absolute Gasteiger partial charge is 0.305 e. The number of hydrogen-bond donors (Lipinski definition) is 3. The lowest BCUT2D eigenvalue weighted by atomic mass is 9.89. The topological polar surface area (TPSA) is 87.0 Å². The van der Waals surface area contributed by atoms with Crippen LogP contribution in [0.5, 0.6) is 0 Å². The summed E-state index contributed by atoms with van der Waals surface area (Å²) >= 11 is 0. The Kier molecular flexibility index (Phi) is 9.84. The lowest BCUT2D eigenvalue weighted by Gasteiger charge is -2.19. The van der Waals surface area contributed by atoms with Gasteiger partial charge in [0.25, 0.3) is 0 Å². The van der Waals surface area contributed by atoms with E-state index < -0.39 is 18.3 Å². The zero-order valence-electron chi connectivity index (χ0n) is 18.1. The second-order valence-electron chi connectivity index (χ2n) is 7.05. The van der Waals surface area contributed by atoms with E-state index in [1.807, 2.05) is 0 Å². The highest BCUT2D eigenvalue weighted by atomic mass is 16.5. The summed E-state index contributed by atoms with van der Waals surface area (Å²) in [6, 6.07) is 0.254. The molecule has 0 bridgehead atoms. The van der Waals surface area contributed by atoms with Crippen molar-refractivity contribution in [3.05, 3.63) is 24.3 Å². The van der Waals surface area contributed by atoms with Gasteiger partial charge >= 0.3 is 5.97 Å². The molecule has 1 fully saturated rings. The Morgan fingerprint density at radius 2 is 2.04 bits per heavy atom. The Balaban J connectivity index is 2.66. The molecule has 0 amide bonds. The summed E-state index contributed by atoms with van der Waals surface area (Å²) in [6.45, 7) is 2.10. The van der Waals surface area contributed by atoms with Crippen molar-refractivity contribution in [2.75, 3.05) is 7.11 Å². The molecule has 5 heteroatoms. The molecular formula is C21H36O5. The first-order valence-electron chi connectivity index (χ1n) is 10.7. The van der Waals surface area contributed by atoms with Crippen molar-refractivity contribution in [3.8, 4) is 0 Å². The molecule has 1 aliphatic rings. The quantitative estimate of drug-likeness (QED) is 0.278. The van der Waals surface area contributed by atoms with Gasteiger partial charge in [0.2, 0.25) is 0 Å². The van der Waals surface area contributed by atoms with Crippen molar-refractivity contribution in [1.29, 1.82) is 0 Å². The molecule has 0 aromatic heterocycles. The largest absolute Gasteiger partial charge is 0.469 e. The van der Waals surface area contributed by atoms with Gasteiger partial charge in [-0.3, -0.25) is 4.79 Å². The minimum absolute atomic E-state index is 0.116. The van der Waals surface area contributed by atoms with E-state index in [2.05, 4.69) is 11.7 Å². The molecule has 0 unspecified atom stereocenters. The average molecular weight is 373 g/mol. The summed E-state index contributed by atoms with van der Waals surface area (Å²) in [7, 11) is 1.32. The summed E-state index contributed by atoms with van der Waals surface area (Å²) in [5.74, 6) is -1.04. The molecule has 0 aromatic carbocycles. The van der Waals surface area contributed by atoms with Gasteiger partial charge in [0.05, 0.1) is 28.2 Å². The van der Waals surface area contributed by atoms with Crippen molar-refractivity contribution >= 4 is 5.97 Å². The van der Waals surface area contributed by atoms with Crippen molar-refractivity contribution in [3.63, 3.8) is 0 Å². The van der Waals surface area contributed by atoms with Crippen LogP contribution in [0.3, 0.4) is 0 Å². The number of carbonyl (C=O) groups excluding carboxylic acids is 1. The number of ether oxygens (including phenoxy) is 1. The van der Waals surface area contributed by atoms with Crippen LogP contribution in [0.25, 0.3) is 0 Å². The third-order valence-electron chi connectivity index (χ3n) is 4.95. The van der Waals surface area contributed by atoms with E-state index in [1.54, 1.807) is 12.2 Å². The van der Waals surface area contributed by atoms with Crippen LogP contribution in [-0.4, -0.2) is 46.7 Å². The van der Waals surface area contributed by atoms with E-state index in [-0.39, 0.29) is 49.2 Å². The van der Waals surface area contributed by atoms with Gasteiger partial charge in [-0.05, 0) is 31.6 Å². The van der Waals surface area contributed by atoms with E-state index in [4.69, 9.17) is 2.74 Å². The SMILES string of the molecule is [3H]/C(CCCC(=O)OC)=C(\[3H])C[C@H]1[C@@H](/C=C/[C@@H](O)CCCCC)[C@H](O)C[C@@H]1O. The number of rotatable bonds is 12. The molecule has 1 rings (SSSR count). The molecule has 5 nitrogen and oxygen atoms in total. The maximum absolute atomic E-state index is 11.1. The summed E-state index contributed by atoms with van der Waals surface area (Å²) in [4.78, 5) is 11.1. The molecule has 150 valence electrons. The molecule has 0 aromatic rings. The Bertz CT molecular complexity index is 535. The van der Waals surface area contributed by atoms with Gasteiger partial charge in [0, 0.05) is 18.8 Å². The Morgan fingerprint density at radius 1 is 1.27 bits per heavy atom. The zero-order chi connectivity index (χ0) is 21.1. The van der Waals surface area contributed by atoms with Crippen LogP contribution in [-0.2, 0) is 9.53 Å². The van der Waals surface area contributed by atoms with Gasteiger partial charge in [-0.15, -0.1) is 0 Å². The molecule has 0 spiro atoms. The average Bonchev–Trinajstić information content (AvgIpc) is 2.92. The summed E-state index contributed by atoms with van der Waals surface area (Å²) < 4.78 is 20.8. The molecule has 0 aliphatic heterocycles. The van der Waals surface area contributed by atoms with Gasteiger partial charge < -0.3 is 20.1 Å². The van der Waals surface area contributed by atoms with E-state index in [0.29, 0.717) is 19.3 Å². The first-order valence-corrected chi connectivity index (χ1v) is 9.74. The normalized spacial score (nSPS) is 29.3. The van der Waals surface area contributed by atoms with Crippen LogP contribution in [0.4, 0.5) is 0 Å². The fourth-order valence-electron chi connectivity index (χ4n) is 3.32. The molecule has 26 heavy (non-hydrogen) atoms. The minimum atomic E-state index is -0.745. The van der Waals surface area contributed by atoms with E-state index in [1.165, 1.54) is 7.11 Å². The van der Waals surface area contributed by atoms with Crippen LogP contribution in [0.1, 0.15) is 67.5 Å². The number of aliphatic hydroxyl groups is 3. The van der Waals surface area contributed by atoms with Crippen molar-refractivity contribution in [2.24, 2.45) is 11.8 Å². The third kappa shape index (κ3) is 8.47. The van der Waals surface area contributed by atoms with Crippen molar-refractivity contribution in [1.82, 2.24) is 0 Å². The third-order valence-corrected chi connectivity index (χ3v) is 4.95. The maximum Gasteiger partial charge on any atom is 0.305 e. The Morgan fingerprint density at radius 3 is 2.73 bits per heavy atom. The summed E-state index contributed by atoms with van der Waals surface area (Å²) in [5.41, 5.74) is 0. The highest BCUT2D eigenvalue weighted by Crippen LogP contribution is 2.36. The van der Waals surface area contributed by atoms with Crippen LogP contribution in [0.15, 0.2) is 24.3 Å². The fourth-order valence-corrected chi connectivity index (χ4v) is 3.32. The maximum atomic E-state index is 11.1.